The lowest BCUT2D eigenvalue weighted by molar-refractivity contribution is -0.148. The quantitative estimate of drug-likeness (QED) is 0.761. The van der Waals surface area contributed by atoms with Gasteiger partial charge in [-0.05, 0) is 52.2 Å². The molecule has 0 saturated carbocycles. The van der Waals surface area contributed by atoms with Gasteiger partial charge in [0.15, 0.2) is 0 Å². The highest BCUT2D eigenvalue weighted by Gasteiger charge is 2.37. The molecule has 2 aliphatic heterocycles. The molecule has 6 heteroatoms. The molecule has 0 aliphatic carbocycles. The van der Waals surface area contributed by atoms with Crippen LogP contribution in [0.4, 0.5) is 0 Å². The Bertz CT molecular complexity index is 445. The summed E-state index contributed by atoms with van der Waals surface area (Å²) in [6.07, 6.45) is 4.01. The maximum atomic E-state index is 12.6. The maximum absolute atomic E-state index is 12.6. The minimum atomic E-state index is -0.864. The van der Waals surface area contributed by atoms with E-state index in [1.807, 2.05) is 0 Å². The third kappa shape index (κ3) is 4.48. The van der Waals surface area contributed by atoms with E-state index in [0.717, 1.165) is 32.4 Å². The number of aliphatic carboxylic acids is 1. The molecule has 0 aromatic rings. The van der Waals surface area contributed by atoms with Gasteiger partial charge in [-0.25, -0.2) is 4.79 Å². The number of nitrogens with zero attached hydrogens (tertiary/aromatic N) is 3. The van der Waals surface area contributed by atoms with Gasteiger partial charge < -0.3 is 14.9 Å². The Morgan fingerprint density at radius 2 is 1.83 bits per heavy atom. The first-order chi connectivity index (χ1) is 11.3. The number of amides is 1. The zero-order valence-electron chi connectivity index (χ0n) is 15.6. The first-order valence-electron chi connectivity index (χ1n) is 9.24. The van der Waals surface area contributed by atoms with Crippen molar-refractivity contribution in [2.45, 2.75) is 64.1 Å². The second kappa shape index (κ2) is 8.30. The van der Waals surface area contributed by atoms with E-state index in [1.165, 1.54) is 0 Å². The molecule has 24 heavy (non-hydrogen) atoms. The van der Waals surface area contributed by atoms with Crippen LogP contribution in [0, 0.1) is 5.92 Å². The van der Waals surface area contributed by atoms with Crippen LogP contribution in [-0.4, -0.2) is 83.5 Å². The van der Waals surface area contributed by atoms with Gasteiger partial charge in [0.1, 0.15) is 6.04 Å². The zero-order valence-corrected chi connectivity index (χ0v) is 15.6. The first-order valence-corrected chi connectivity index (χ1v) is 9.24. The summed E-state index contributed by atoms with van der Waals surface area (Å²) >= 11 is 0. The highest BCUT2D eigenvalue weighted by Crippen LogP contribution is 2.25. The van der Waals surface area contributed by atoms with Gasteiger partial charge in [-0.3, -0.25) is 9.69 Å². The molecule has 2 rings (SSSR count). The summed E-state index contributed by atoms with van der Waals surface area (Å²) in [5.74, 6) is -0.286. The summed E-state index contributed by atoms with van der Waals surface area (Å²) < 4.78 is 0. The van der Waals surface area contributed by atoms with E-state index in [9.17, 15) is 14.7 Å². The molecule has 2 aliphatic rings. The molecule has 2 heterocycles. The van der Waals surface area contributed by atoms with Crippen molar-refractivity contribution in [3.8, 4) is 0 Å². The van der Waals surface area contributed by atoms with Crippen molar-refractivity contribution < 1.29 is 14.7 Å². The van der Waals surface area contributed by atoms with Crippen LogP contribution in [0.25, 0.3) is 0 Å². The van der Waals surface area contributed by atoms with Gasteiger partial charge in [-0.2, -0.15) is 0 Å². The minimum absolute atomic E-state index is 0.0164. The molecule has 1 amide bonds. The highest BCUT2D eigenvalue weighted by atomic mass is 16.4. The van der Waals surface area contributed by atoms with Crippen molar-refractivity contribution in [2.75, 3.05) is 33.7 Å². The predicted molar refractivity (Wildman–Crippen MR) is 93.9 cm³/mol. The largest absolute Gasteiger partial charge is 0.480 e. The lowest BCUT2D eigenvalue weighted by Crippen LogP contribution is -2.47. The number of hydrogen-bond donors (Lipinski definition) is 1. The van der Waals surface area contributed by atoms with Crippen molar-refractivity contribution >= 4 is 11.9 Å². The van der Waals surface area contributed by atoms with Crippen molar-refractivity contribution in [1.29, 1.82) is 0 Å². The van der Waals surface area contributed by atoms with Crippen LogP contribution in [0.15, 0.2) is 0 Å². The summed E-state index contributed by atoms with van der Waals surface area (Å²) in [5, 5.41) is 9.28. The van der Waals surface area contributed by atoms with Crippen LogP contribution in [0.2, 0.25) is 0 Å². The van der Waals surface area contributed by atoms with E-state index in [2.05, 4.69) is 37.7 Å². The van der Waals surface area contributed by atoms with Crippen LogP contribution >= 0.6 is 0 Å². The number of rotatable bonds is 7. The van der Waals surface area contributed by atoms with E-state index in [1.54, 1.807) is 4.90 Å². The number of likely N-dealkylation sites (tertiary alicyclic amines) is 2. The normalized spacial score (nSPS) is 26.5. The van der Waals surface area contributed by atoms with Gasteiger partial charge in [0.25, 0.3) is 0 Å². The summed E-state index contributed by atoms with van der Waals surface area (Å²) in [4.78, 5) is 30.2. The smallest absolute Gasteiger partial charge is 0.326 e. The fourth-order valence-electron chi connectivity index (χ4n) is 4.22. The lowest BCUT2D eigenvalue weighted by atomic mass is 10.0. The fourth-order valence-corrected chi connectivity index (χ4v) is 4.22. The molecule has 3 atom stereocenters. The standard InChI is InChI=1S/C18H33N3O3/c1-13(2)16(19(3)4)12-20-9-5-7-14(20)11-17(22)21-10-6-8-15(21)18(23)24/h13-16H,5-12H2,1-4H3,(H,23,24)/t14-,15-,16+/m0/s1. The van der Waals surface area contributed by atoms with E-state index in [-0.39, 0.29) is 11.9 Å². The summed E-state index contributed by atoms with van der Waals surface area (Å²) in [7, 11) is 4.23. The highest BCUT2D eigenvalue weighted by molar-refractivity contribution is 5.84. The molecular formula is C18H33N3O3. The van der Waals surface area contributed by atoms with Crippen molar-refractivity contribution in [1.82, 2.24) is 14.7 Å². The Balaban J connectivity index is 1.95. The lowest BCUT2D eigenvalue weighted by Gasteiger charge is -2.35. The van der Waals surface area contributed by atoms with Crippen molar-refractivity contribution in [3.63, 3.8) is 0 Å². The molecular weight excluding hydrogens is 306 g/mol. The molecule has 0 aromatic carbocycles. The van der Waals surface area contributed by atoms with Crippen LogP contribution in [-0.2, 0) is 9.59 Å². The average Bonchev–Trinajstić information content (AvgIpc) is 3.12. The van der Waals surface area contributed by atoms with Gasteiger partial charge in [0, 0.05) is 31.6 Å². The Morgan fingerprint density at radius 3 is 2.42 bits per heavy atom. The fraction of sp³-hybridized carbons (Fsp3) is 0.889. The zero-order chi connectivity index (χ0) is 17.9. The third-order valence-electron chi connectivity index (χ3n) is 5.62. The molecule has 2 fully saturated rings. The Labute approximate surface area is 145 Å². The number of carbonyl (C=O) groups is 2. The first kappa shape index (κ1) is 19.2. The van der Waals surface area contributed by atoms with E-state index in [4.69, 9.17) is 0 Å². The van der Waals surface area contributed by atoms with Crippen molar-refractivity contribution in [3.05, 3.63) is 0 Å². The SMILES string of the molecule is CC(C)[C@@H](CN1CCC[C@H]1CC(=O)N1CCC[C@H]1C(=O)O)N(C)C. The van der Waals surface area contributed by atoms with Gasteiger partial charge >= 0.3 is 5.97 Å². The minimum Gasteiger partial charge on any atom is -0.480 e. The van der Waals surface area contributed by atoms with Gasteiger partial charge in [0.2, 0.25) is 5.91 Å². The van der Waals surface area contributed by atoms with E-state index >= 15 is 0 Å². The Morgan fingerprint density at radius 1 is 1.17 bits per heavy atom. The van der Waals surface area contributed by atoms with Crippen molar-refractivity contribution in [2.24, 2.45) is 5.92 Å². The molecule has 0 radical (unpaired) electrons. The number of carbonyl (C=O) groups excluding carboxylic acids is 1. The van der Waals surface area contributed by atoms with E-state index in [0.29, 0.717) is 31.3 Å². The molecule has 138 valence electrons. The van der Waals surface area contributed by atoms with E-state index < -0.39 is 12.0 Å². The average molecular weight is 339 g/mol. The number of hydrogen-bond acceptors (Lipinski definition) is 4. The summed E-state index contributed by atoms with van der Waals surface area (Å²) in [5.41, 5.74) is 0. The Kier molecular flexibility index (Phi) is 6.63. The second-order valence-electron chi connectivity index (χ2n) is 7.85. The molecule has 0 bridgehead atoms. The van der Waals surface area contributed by atoms with Crippen LogP contribution in [0.3, 0.4) is 0 Å². The number of carboxylic acid groups (broad SMARTS) is 1. The number of carboxylic acids is 1. The predicted octanol–water partition coefficient (Wildman–Crippen LogP) is 1.50. The molecule has 2 saturated heterocycles. The third-order valence-corrected chi connectivity index (χ3v) is 5.62. The summed E-state index contributed by atoms with van der Waals surface area (Å²) in [6, 6.07) is 0.116. The molecule has 0 unspecified atom stereocenters. The van der Waals surface area contributed by atoms with Crippen LogP contribution in [0.1, 0.15) is 46.0 Å². The second-order valence-corrected chi connectivity index (χ2v) is 7.85. The van der Waals surface area contributed by atoms with Gasteiger partial charge in [-0.1, -0.05) is 13.8 Å². The van der Waals surface area contributed by atoms with Crippen LogP contribution < -0.4 is 0 Å². The Hall–Kier alpha value is -1.14. The van der Waals surface area contributed by atoms with Gasteiger partial charge in [0.05, 0.1) is 0 Å². The van der Waals surface area contributed by atoms with Gasteiger partial charge in [-0.15, -0.1) is 0 Å². The molecule has 0 spiro atoms. The maximum Gasteiger partial charge on any atom is 0.326 e. The molecule has 1 N–H and O–H groups in total. The monoisotopic (exact) mass is 339 g/mol. The topological polar surface area (TPSA) is 64.1 Å². The molecule has 6 nitrogen and oxygen atoms in total. The summed E-state index contributed by atoms with van der Waals surface area (Å²) in [6.45, 7) is 7.09. The van der Waals surface area contributed by atoms with Crippen LogP contribution in [0.5, 0.6) is 0 Å². The molecule has 0 aromatic heterocycles. The number of likely N-dealkylation sites (N-methyl/N-ethyl adjacent to an activating group) is 1.